The Labute approximate surface area is 74.1 Å². The smallest absolute Gasteiger partial charge is 0.211 e. The Morgan fingerprint density at radius 1 is 1.54 bits per heavy atom. The molecule has 0 aliphatic rings. The van der Waals surface area contributed by atoms with Crippen molar-refractivity contribution in [1.82, 2.24) is 0 Å². The molecule has 0 N–H and O–H groups in total. The SMILES string of the molecule is Cc1cc(N=C=O)cc(C#N)c1F. The van der Waals surface area contributed by atoms with Gasteiger partial charge in [-0.1, -0.05) is 0 Å². The number of nitriles is 1. The third-order valence-corrected chi connectivity index (χ3v) is 1.53. The molecule has 0 saturated heterocycles. The minimum atomic E-state index is -0.577. The van der Waals surface area contributed by atoms with Crippen LogP contribution in [0.5, 0.6) is 0 Å². The first-order chi connectivity index (χ1) is 6.19. The lowest BCUT2D eigenvalue weighted by molar-refractivity contribution is 0.565. The summed E-state index contributed by atoms with van der Waals surface area (Å²) < 4.78 is 13.1. The number of isocyanates is 1. The van der Waals surface area contributed by atoms with Crippen LogP contribution in [0.4, 0.5) is 10.1 Å². The highest BCUT2D eigenvalue weighted by Crippen LogP contribution is 2.20. The molecule has 0 aliphatic carbocycles. The van der Waals surface area contributed by atoms with Crippen molar-refractivity contribution in [2.24, 2.45) is 4.99 Å². The molecule has 0 saturated carbocycles. The van der Waals surface area contributed by atoms with Gasteiger partial charge in [0.15, 0.2) is 0 Å². The van der Waals surface area contributed by atoms with Gasteiger partial charge in [-0.15, -0.1) is 0 Å². The maximum absolute atomic E-state index is 13.1. The van der Waals surface area contributed by atoms with E-state index in [-0.39, 0.29) is 16.8 Å². The first-order valence-electron chi connectivity index (χ1n) is 3.47. The number of hydrogen-bond acceptors (Lipinski definition) is 3. The third kappa shape index (κ3) is 1.78. The Bertz CT molecular complexity index is 428. The van der Waals surface area contributed by atoms with Gasteiger partial charge in [-0.25, -0.2) is 9.18 Å². The molecule has 1 aromatic carbocycles. The summed E-state index contributed by atoms with van der Waals surface area (Å²) in [4.78, 5) is 13.2. The molecule has 0 fully saturated rings. The molecule has 0 spiro atoms. The lowest BCUT2D eigenvalue weighted by atomic mass is 10.1. The van der Waals surface area contributed by atoms with Crippen molar-refractivity contribution in [2.75, 3.05) is 0 Å². The fourth-order valence-electron chi connectivity index (χ4n) is 0.949. The van der Waals surface area contributed by atoms with Crippen LogP contribution >= 0.6 is 0 Å². The van der Waals surface area contributed by atoms with Gasteiger partial charge in [-0.3, -0.25) is 0 Å². The zero-order valence-electron chi connectivity index (χ0n) is 6.84. The Kier molecular flexibility index (Phi) is 2.53. The molecule has 0 heterocycles. The predicted molar refractivity (Wildman–Crippen MR) is 43.6 cm³/mol. The first-order valence-corrected chi connectivity index (χ1v) is 3.47. The van der Waals surface area contributed by atoms with Crippen molar-refractivity contribution < 1.29 is 9.18 Å². The predicted octanol–water partition coefficient (Wildman–Crippen LogP) is 1.97. The standard InChI is InChI=1S/C9H5FN2O/c1-6-2-8(12-5-13)3-7(4-11)9(6)10/h2-3H,1H3. The number of hydrogen-bond donors (Lipinski definition) is 0. The average Bonchev–Trinajstić information content (AvgIpc) is 2.11. The van der Waals surface area contributed by atoms with Gasteiger partial charge in [-0.2, -0.15) is 10.3 Å². The summed E-state index contributed by atoms with van der Waals surface area (Å²) in [6.45, 7) is 1.50. The second-order valence-electron chi connectivity index (χ2n) is 2.44. The van der Waals surface area contributed by atoms with Crippen LogP contribution in [0.2, 0.25) is 0 Å². The van der Waals surface area contributed by atoms with Gasteiger partial charge in [0.2, 0.25) is 6.08 Å². The third-order valence-electron chi connectivity index (χ3n) is 1.53. The lowest BCUT2D eigenvalue weighted by Gasteiger charge is -1.98. The summed E-state index contributed by atoms with van der Waals surface area (Å²) in [7, 11) is 0. The highest BCUT2D eigenvalue weighted by atomic mass is 19.1. The van der Waals surface area contributed by atoms with Crippen LogP contribution in [0.25, 0.3) is 0 Å². The van der Waals surface area contributed by atoms with Gasteiger partial charge in [0.25, 0.3) is 0 Å². The summed E-state index contributed by atoms with van der Waals surface area (Å²) in [6, 6.07) is 4.25. The zero-order chi connectivity index (χ0) is 9.84. The summed E-state index contributed by atoms with van der Waals surface area (Å²) in [5.41, 5.74) is 0.410. The van der Waals surface area contributed by atoms with Crippen LogP contribution in [0.15, 0.2) is 17.1 Å². The summed E-state index contributed by atoms with van der Waals surface area (Å²) in [6.07, 6.45) is 1.33. The average molecular weight is 176 g/mol. The van der Waals surface area contributed by atoms with E-state index in [4.69, 9.17) is 5.26 Å². The fraction of sp³-hybridized carbons (Fsp3) is 0.111. The van der Waals surface area contributed by atoms with Crippen LogP contribution in [0.3, 0.4) is 0 Å². The van der Waals surface area contributed by atoms with Crippen molar-refractivity contribution in [2.45, 2.75) is 6.92 Å². The largest absolute Gasteiger partial charge is 0.240 e. The van der Waals surface area contributed by atoms with E-state index in [9.17, 15) is 9.18 Å². The van der Waals surface area contributed by atoms with E-state index in [2.05, 4.69) is 4.99 Å². The van der Waals surface area contributed by atoms with Crippen molar-refractivity contribution in [3.63, 3.8) is 0 Å². The van der Waals surface area contributed by atoms with Gasteiger partial charge in [0.1, 0.15) is 11.9 Å². The summed E-state index contributed by atoms with van der Waals surface area (Å²) in [5, 5.41) is 8.51. The van der Waals surface area contributed by atoms with Gasteiger partial charge in [0.05, 0.1) is 11.3 Å². The topological polar surface area (TPSA) is 53.2 Å². The Morgan fingerprint density at radius 2 is 2.23 bits per heavy atom. The van der Waals surface area contributed by atoms with Gasteiger partial charge < -0.3 is 0 Å². The molecule has 1 rings (SSSR count). The monoisotopic (exact) mass is 176 g/mol. The van der Waals surface area contributed by atoms with Crippen LogP contribution in [0, 0.1) is 24.1 Å². The minimum absolute atomic E-state index is 0.117. The Morgan fingerprint density at radius 3 is 2.77 bits per heavy atom. The minimum Gasteiger partial charge on any atom is -0.211 e. The molecule has 4 heteroatoms. The number of benzene rings is 1. The number of aryl methyl sites for hydroxylation is 1. The first kappa shape index (κ1) is 9.11. The van der Waals surface area contributed by atoms with E-state index in [0.717, 1.165) is 0 Å². The van der Waals surface area contributed by atoms with Gasteiger partial charge in [0, 0.05) is 0 Å². The van der Waals surface area contributed by atoms with Gasteiger partial charge in [-0.05, 0) is 24.6 Å². The number of nitrogens with zero attached hydrogens (tertiary/aromatic N) is 2. The highest BCUT2D eigenvalue weighted by molar-refractivity contribution is 5.54. The zero-order valence-corrected chi connectivity index (χ0v) is 6.84. The van der Waals surface area contributed by atoms with E-state index in [1.165, 1.54) is 25.1 Å². The summed E-state index contributed by atoms with van der Waals surface area (Å²) >= 11 is 0. The molecule has 0 unspecified atom stereocenters. The Hall–Kier alpha value is -1.98. The molecule has 0 radical (unpaired) electrons. The quantitative estimate of drug-likeness (QED) is 0.485. The molecule has 0 bridgehead atoms. The second-order valence-corrected chi connectivity index (χ2v) is 2.44. The van der Waals surface area contributed by atoms with Crippen LogP contribution in [-0.2, 0) is 4.79 Å². The van der Waals surface area contributed by atoms with Crippen LogP contribution < -0.4 is 0 Å². The van der Waals surface area contributed by atoms with E-state index < -0.39 is 5.82 Å². The molecule has 13 heavy (non-hydrogen) atoms. The highest BCUT2D eigenvalue weighted by Gasteiger charge is 2.06. The number of rotatable bonds is 1. The normalized spacial score (nSPS) is 8.69. The van der Waals surface area contributed by atoms with Crippen LogP contribution in [0.1, 0.15) is 11.1 Å². The maximum atomic E-state index is 13.1. The van der Waals surface area contributed by atoms with E-state index in [1.807, 2.05) is 0 Å². The molecule has 0 amide bonds. The lowest BCUT2D eigenvalue weighted by Crippen LogP contribution is -1.87. The van der Waals surface area contributed by atoms with E-state index >= 15 is 0 Å². The molecule has 0 atom stereocenters. The number of carbonyl (C=O) groups excluding carboxylic acids is 1. The number of aliphatic imine (C=N–C) groups is 1. The molecular weight excluding hydrogens is 171 g/mol. The van der Waals surface area contributed by atoms with Gasteiger partial charge >= 0.3 is 0 Å². The van der Waals surface area contributed by atoms with Crippen molar-refractivity contribution in [3.05, 3.63) is 29.1 Å². The van der Waals surface area contributed by atoms with Crippen molar-refractivity contribution in [3.8, 4) is 6.07 Å². The molecule has 0 aromatic heterocycles. The molecular formula is C9H5FN2O. The van der Waals surface area contributed by atoms with Crippen molar-refractivity contribution in [1.29, 1.82) is 5.26 Å². The van der Waals surface area contributed by atoms with E-state index in [0.29, 0.717) is 0 Å². The number of halogens is 1. The molecule has 64 valence electrons. The molecule has 1 aromatic rings. The maximum Gasteiger partial charge on any atom is 0.240 e. The van der Waals surface area contributed by atoms with Crippen molar-refractivity contribution >= 4 is 11.8 Å². The summed E-state index contributed by atoms with van der Waals surface area (Å²) in [5.74, 6) is -0.577. The van der Waals surface area contributed by atoms with Crippen LogP contribution in [-0.4, -0.2) is 6.08 Å². The molecule has 3 nitrogen and oxygen atoms in total. The fourth-order valence-corrected chi connectivity index (χ4v) is 0.949. The molecule has 0 aliphatic heterocycles. The van der Waals surface area contributed by atoms with E-state index in [1.54, 1.807) is 6.07 Å². The Balaban J connectivity index is 3.40. The second kappa shape index (κ2) is 3.61.